The SMILES string of the molecule is COc1ccc(Cl)cc1NC(=O)/C(C#N)=C/c1coc2ccccc2c1=O. The minimum absolute atomic E-state index is 0.0958. The minimum Gasteiger partial charge on any atom is -0.495 e. The standard InChI is InChI=1S/C20H13ClN2O4/c1-26-18-7-6-14(21)9-16(18)23-20(25)12(10-22)8-13-11-27-17-5-3-2-4-15(17)19(13)24/h2-9,11H,1H3,(H,23,25)/b12-8+. The van der Waals surface area contributed by atoms with Gasteiger partial charge in [0.2, 0.25) is 0 Å². The van der Waals surface area contributed by atoms with Crippen LogP contribution in [-0.2, 0) is 4.79 Å². The van der Waals surface area contributed by atoms with Gasteiger partial charge in [0.25, 0.3) is 5.91 Å². The molecule has 0 fully saturated rings. The summed E-state index contributed by atoms with van der Waals surface area (Å²) in [4.78, 5) is 25.0. The van der Waals surface area contributed by atoms with Gasteiger partial charge in [0, 0.05) is 5.02 Å². The molecule has 1 amide bonds. The molecule has 1 aromatic heterocycles. The van der Waals surface area contributed by atoms with Crippen molar-refractivity contribution in [3.8, 4) is 11.8 Å². The van der Waals surface area contributed by atoms with Crippen LogP contribution in [0.15, 0.2) is 63.5 Å². The van der Waals surface area contributed by atoms with E-state index in [4.69, 9.17) is 20.8 Å². The number of fused-ring (bicyclic) bond motifs is 1. The predicted octanol–water partition coefficient (Wildman–Crippen LogP) is 4.00. The van der Waals surface area contributed by atoms with Crippen LogP contribution in [0.2, 0.25) is 5.02 Å². The zero-order chi connectivity index (χ0) is 19.4. The summed E-state index contributed by atoms with van der Waals surface area (Å²) < 4.78 is 10.6. The summed E-state index contributed by atoms with van der Waals surface area (Å²) in [5.74, 6) is -0.319. The molecule has 1 N–H and O–H groups in total. The first-order chi connectivity index (χ1) is 13.0. The molecule has 3 rings (SSSR count). The van der Waals surface area contributed by atoms with E-state index in [0.29, 0.717) is 27.4 Å². The molecule has 1 heterocycles. The lowest BCUT2D eigenvalue weighted by Crippen LogP contribution is -2.15. The third kappa shape index (κ3) is 3.84. The minimum atomic E-state index is -0.703. The summed E-state index contributed by atoms with van der Waals surface area (Å²) in [5.41, 5.74) is 0.226. The highest BCUT2D eigenvalue weighted by Crippen LogP contribution is 2.28. The smallest absolute Gasteiger partial charge is 0.266 e. The van der Waals surface area contributed by atoms with Gasteiger partial charge in [-0.25, -0.2) is 0 Å². The highest BCUT2D eigenvalue weighted by Gasteiger charge is 2.14. The largest absolute Gasteiger partial charge is 0.495 e. The van der Waals surface area contributed by atoms with E-state index in [1.54, 1.807) is 42.5 Å². The average molecular weight is 381 g/mol. The van der Waals surface area contributed by atoms with Gasteiger partial charge in [-0.1, -0.05) is 23.7 Å². The number of rotatable bonds is 4. The quantitative estimate of drug-likeness (QED) is 0.545. The van der Waals surface area contributed by atoms with Gasteiger partial charge in [-0.3, -0.25) is 9.59 Å². The van der Waals surface area contributed by atoms with E-state index in [9.17, 15) is 14.9 Å². The van der Waals surface area contributed by atoms with Gasteiger partial charge in [0.05, 0.1) is 23.7 Å². The van der Waals surface area contributed by atoms with Crippen molar-refractivity contribution in [2.24, 2.45) is 0 Å². The molecule has 2 aromatic carbocycles. The molecule has 0 radical (unpaired) electrons. The summed E-state index contributed by atoms with van der Waals surface area (Å²) in [7, 11) is 1.44. The van der Waals surface area contributed by atoms with Crippen LogP contribution in [0.25, 0.3) is 17.0 Å². The number of nitriles is 1. The van der Waals surface area contributed by atoms with Gasteiger partial charge in [0.1, 0.15) is 29.2 Å². The molecule has 0 aliphatic rings. The molecule has 7 heteroatoms. The second-order valence-corrected chi connectivity index (χ2v) is 5.92. The number of hydrogen-bond acceptors (Lipinski definition) is 5. The number of nitrogens with zero attached hydrogens (tertiary/aromatic N) is 1. The molecule has 0 atom stereocenters. The number of amides is 1. The maximum absolute atomic E-state index is 12.5. The second kappa shape index (κ2) is 7.77. The van der Waals surface area contributed by atoms with Crippen molar-refractivity contribution in [3.05, 3.63) is 75.1 Å². The van der Waals surface area contributed by atoms with Crippen molar-refractivity contribution in [2.75, 3.05) is 12.4 Å². The molecule has 0 saturated carbocycles. The molecule has 0 spiro atoms. The zero-order valence-corrected chi connectivity index (χ0v) is 14.9. The summed E-state index contributed by atoms with van der Waals surface area (Å²) in [6.07, 6.45) is 2.40. The number of hydrogen-bond donors (Lipinski definition) is 1. The fourth-order valence-electron chi connectivity index (χ4n) is 2.46. The van der Waals surface area contributed by atoms with Crippen LogP contribution in [0.3, 0.4) is 0 Å². The summed E-state index contributed by atoms with van der Waals surface area (Å²) >= 11 is 5.94. The van der Waals surface area contributed by atoms with Crippen LogP contribution in [0.4, 0.5) is 5.69 Å². The Kier molecular flexibility index (Phi) is 5.25. The summed E-state index contributed by atoms with van der Waals surface area (Å²) in [6.45, 7) is 0. The van der Waals surface area contributed by atoms with Gasteiger partial charge in [-0.05, 0) is 36.4 Å². The Hall–Kier alpha value is -3.56. The lowest BCUT2D eigenvalue weighted by molar-refractivity contribution is -0.112. The first-order valence-electron chi connectivity index (χ1n) is 7.80. The fourth-order valence-corrected chi connectivity index (χ4v) is 2.64. The van der Waals surface area contributed by atoms with Crippen LogP contribution in [0, 0.1) is 11.3 Å². The van der Waals surface area contributed by atoms with Crippen LogP contribution >= 0.6 is 11.6 Å². The molecule has 0 aliphatic carbocycles. The van der Waals surface area contributed by atoms with Gasteiger partial charge in [-0.2, -0.15) is 5.26 Å². The predicted molar refractivity (Wildman–Crippen MR) is 103 cm³/mol. The van der Waals surface area contributed by atoms with Gasteiger partial charge in [0.15, 0.2) is 5.43 Å². The van der Waals surface area contributed by atoms with E-state index in [1.807, 2.05) is 0 Å². The lowest BCUT2D eigenvalue weighted by Gasteiger charge is -2.10. The molecule has 0 bridgehead atoms. The third-order valence-corrected chi connectivity index (χ3v) is 4.02. The van der Waals surface area contributed by atoms with E-state index >= 15 is 0 Å². The molecule has 134 valence electrons. The van der Waals surface area contributed by atoms with E-state index in [-0.39, 0.29) is 16.6 Å². The Bertz CT molecular complexity index is 1160. The fraction of sp³-hybridized carbons (Fsp3) is 0.0500. The number of ether oxygens (including phenoxy) is 1. The Labute approximate surface area is 159 Å². The van der Waals surface area contributed by atoms with E-state index in [0.717, 1.165) is 0 Å². The molecule has 27 heavy (non-hydrogen) atoms. The van der Waals surface area contributed by atoms with Gasteiger partial charge in [-0.15, -0.1) is 0 Å². The number of methoxy groups -OCH3 is 1. The number of benzene rings is 2. The van der Waals surface area contributed by atoms with Crippen LogP contribution in [0.5, 0.6) is 5.75 Å². The second-order valence-electron chi connectivity index (χ2n) is 5.48. The molecular weight excluding hydrogens is 368 g/mol. The van der Waals surface area contributed by atoms with E-state index in [1.165, 1.54) is 25.5 Å². The average Bonchev–Trinajstić information content (AvgIpc) is 2.68. The molecule has 6 nitrogen and oxygen atoms in total. The molecule has 0 unspecified atom stereocenters. The monoisotopic (exact) mass is 380 g/mol. The summed E-state index contributed by atoms with van der Waals surface area (Å²) in [6, 6.07) is 13.2. The first-order valence-corrected chi connectivity index (χ1v) is 8.18. The van der Waals surface area contributed by atoms with E-state index < -0.39 is 5.91 Å². The maximum Gasteiger partial charge on any atom is 0.266 e. The Morgan fingerprint density at radius 1 is 1.30 bits per heavy atom. The normalized spacial score (nSPS) is 11.1. The molecule has 0 aliphatic heterocycles. The number of nitrogens with one attached hydrogen (secondary N) is 1. The highest BCUT2D eigenvalue weighted by molar-refractivity contribution is 6.31. The van der Waals surface area contributed by atoms with Gasteiger partial charge < -0.3 is 14.5 Å². The lowest BCUT2D eigenvalue weighted by atomic mass is 10.1. The Morgan fingerprint density at radius 2 is 2.07 bits per heavy atom. The van der Waals surface area contributed by atoms with Gasteiger partial charge >= 0.3 is 0 Å². The zero-order valence-electron chi connectivity index (χ0n) is 14.2. The van der Waals surface area contributed by atoms with Crippen molar-refractivity contribution in [1.29, 1.82) is 5.26 Å². The highest BCUT2D eigenvalue weighted by atomic mass is 35.5. The van der Waals surface area contributed by atoms with Crippen molar-refractivity contribution in [3.63, 3.8) is 0 Å². The molecule has 3 aromatic rings. The first kappa shape index (κ1) is 18.2. The van der Waals surface area contributed by atoms with Crippen LogP contribution in [-0.4, -0.2) is 13.0 Å². The topological polar surface area (TPSA) is 92.3 Å². The van der Waals surface area contributed by atoms with Crippen molar-refractivity contribution in [1.82, 2.24) is 0 Å². The Morgan fingerprint density at radius 3 is 2.81 bits per heavy atom. The third-order valence-electron chi connectivity index (χ3n) is 3.78. The number of halogens is 1. The number of anilines is 1. The Balaban J connectivity index is 1.97. The van der Waals surface area contributed by atoms with Crippen molar-refractivity contribution >= 4 is 40.2 Å². The van der Waals surface area contributed by atoms with Crippen molar-refractivity contribution in [2.45, 2.75) is 0 Å². The van der Waals surface area contributed by atoms with E-state index in [2.05, 4.69) is 5.32 Å². The number of carbonyl (C=O) groups excluding carboxylic acids is 1. The molecular formula is C20H13ClN2O4. The number of carbonyl (C=O) groups is 1. The van der Waals surface area contributed by atoms with Crippen LogP contribution in [0.1, 0.15) is 5.56 Å². The number of para-hydroxylation sites is 1. The van der Waals surface area contributed by atoms with Crippen LogP contribution < -0.4 is 15.5 Å². The van der Waals surface area contributed by atoms with Crippen molar-refractivity contribution < 1.29 is 13.9 Å². The maximum atomic E-state index is 12.5. The summed E-state index contributed by atoms with van der Waals surface area (Å²) in [5, 5.41) is 12.7. The molecule has 0 saturated heterocycles.